The molecular formula is C15H18N2S. The van der Waals surface area contributed by atoms with E-state index < -0.39 is 0 Å². The number of aryl methyl sites for hydroxylation is 1. The van der Waals surface area contributed by atoms with E-state index in [4.69, 9.17) is 0 Å². The van der Waals surface area contributed by atoms with Crippen molar-refractivity contribution in [2.24, 2.45) is 0 Å². The first-order valence-electron chi connectivity index (χ1n) is 6.17. The molecule has 2 nitrogen and oxygen atoms in total. The summed E-state index contributed by atoms with van der Waals surface area (Å²) < 4.78 is 0. The van der Waals surface area contributed by atoms with Gasteiger partial charge in [0.25, 0.3) is 0 Å². The van der Waals surface area contributed by atoms with Crippen molar-refractivity contribution in [3.63, 3.8) is 0 Å². The van der Waals surface area contributed by atoms with Crippen LogP contribution in [0.2, 0.25) is 0 Å². The molecule has 0 amide bonds. The highest BCUT2D eigenvalue weighted by atomic mass is 32.2. The lowest BCUT2D eigenvalue weighted by atomic mass is 10.1. The molecule has 0 aliphatic carbocycles. The molecule has 18 heavy (non-hydrogen) atoms. The number of aromatic nitrogens is 1. The highest BCUT2D eigenvalue weighted by Gasteiger charge is 2.01. The normalized spacial score (nSPS) is 10.6. The zero-order valence-electron chi connectivity index (χ0n) is 10.8. The number of benzene rings is 1. The summed E-state index contributed by atoms with van der Waals surface area (Å²) in [4.78, 5) is 6.53. The zero-order chi connectivity index (χ0) is 12.8. The number of hydrogen-bond donors (Lipinski definition) is 1. The number of hydrogen-bond acceptors (Lipinski definition) is 3. The Bertz CT molecular complexity index is 497. The highest BCUT2D eigenvalue weighted by molar-refractivity contribution is 7.99. The lowest BCUT2D eigenvalue weighted by molar-refractivity contribution is 0.723. The molecule has 0 aliphatic heterocycles. The quantitative estimate of drug-likeness (QED) is 0.886. The minimum atomic E-state index is 0.947. The Morgan fingerprint density at radius 2 is 1.89 bits per heavy atom. The summed E-state index contributed by atoms with van der Waals surface area (Å²) in [7, 11) is 0. The van der Waals surface area contributed by atoms with Crippen molar-refractivity contribution in [3.8, 4) is 0 Å². The summed E-state index contributed by atoms with van der Waals surface area (Å²) in [5, 5.41) is 3.36. The van der Waals surface area contributed by atoms with Crippen molar-refractivity contribution >= 4 is 11.8 Å². The number of rotatable bonds is 5. The second-order valence-electron chi connectivity index (χ2n) is 4.15. The van der Waals surface area contributed by atoms with Crippen LogP contribution in [0, 0.1) is 6.92 Å². The van der Waals surface area contributed by atoms with E-state index in [-0.39, 0.29) is 0 Å². The molecule has 0 unspecified atom stereocenters. The Balaban J connectivity index is 2.09. The van der Waals surface area contributed by atoms with Crippen LogP contribution in [-0.2, 0) is 6.54 Å². The van der Waals surface area contributed by atoms with Crippen molar-refractivity contribution < 1.29 is 0 Å². The van der Waals surface area contributed by atoms with Crippen LogP contribution >= 0.6 is 11.8 Å². The standard InChI is InChI=1S/C15H18N2S/c1-3-16-11-13-4-5-15(10-12(13)2)18-14-6-8-17-9-7-14/h4-10,16H,3,11H2,1-2H3. The molecule has 3 heteroatoms. The average molecular weight is 258 g/mol. The van der Waals surface area contributed by atoms with Gasteiger partial charge in [0.05, 0.1) is 0 Å². The third-order valence-corrected chi connectivity index (χ3v) is 3.76. The van der Waals surface area contributed by atoms with Crippen LogP contribution < -0.4 is 5.32 Å². The highest BCUT2D eigenvalue weighted by Crippen LogP contribution is 2.28. The molecule has 2 rings (SSSR count). The van der Waals surface area contributed by atoms with Gasteiger partial charge in [0, 0.05) is 28.7 Å². The Morgan fingerprint density at radius 1 is 1.11 bits per heavy atom. The second kappa shape index (κ2) is 6.57. The van der Waals surface area contributed by atoms with Crippen molar-refractivity contribution in [1.82, 2.24) is 10.3 Å². The van der Waals surface area contributed by atoms with Crippen LogP contribution in [0.3, 0.4) is 0 Å². The summed E-state index contributed by atoms with van der Waals surface area (Å²) in [5.41, 5.74) is 2.71. The van der Waals surface area contributed by atoms with Crippen LogP contribution in [0.25, 0.3) is 0 Å². The Kier molecular flexibility index (Phi) is 4.79. The second-order valence-corrected chi connectivity index (χ2v) is 5.30. The molecule has 0 radical (unpaired) electrons. The topological polar surface area (TPSA) is 24.9 Å². The Hall–Kier alpha value is -1.32. The van der Waals surface area contributed by atoms with Crippen LogP contribution in [-0.4, -0.2) is 11.5 Å². The van der Waals surface area contributed by atoms with Crippen LogP contribution in [0.1, 0.15) is 18.1 Å². The smallest absolute Gasteiger partial charge is 0.0279 e. The monoisotopic (exact) mass is 258 g/mol. The summed E-state index contributed by atoms with van der Waals surface area (Å²) in [6, 6.07) is 10.7. The van der Waals surface area contributed by atoms with Gasteiger partial charge in [-0.05, 0) is 48.9 Å². The fraction of sp³-hybridized carbons (Fsp3) is 0.267. The zero-order valence-corrected chi connectivity index (χ0v) is 11.6. The van der Waals surface area contributed by atoms with Gasteiger partial charge in [-0.3, -0.25) is 4.98 Å². The van der Waals surface area contributed by atoms with Crippen LogP contribution in [0.4, 0.5) is 0 Å². The minimum Gasteiger partial charge on any atom is -0.313 e. The molecule has 94 valence electrons. The van der Waals surface area contributed by atoms with Gasteiger partial charge in [-0.15, -0.1) is 0 Å². The van der Waals surface area contributed by atoms with E-state index >= 15 is 0 Å². The predicted octanol–water partition coefficient (Wildman–Crippen LogP) is 3.65. The lowest BCUT2D eigenvalue weighted by Gasteiger charge is -2.08. The summed E-state index contributed by atoms with van der Waals surface area (Å²) in [6.07, 6.45) is 3.66. The maximum Gasteiger partial charge on any atom is 0.0279 e. The maximum absolute atomic E-state index is 4.03. The van der Waals surface area contributed by atoms with Gasteiger partial charge < -0.3 is 5.32 Å². The largest absolute Gasteiger partial charge is 0.313 e. The summed E-state index contributed by atoms with van der Waals surface area (Å²) in [6.45, 7) is 6.25. The molecule has 0 aliphatic rings. The molecule has 1 aromatic heterocycles. The average Bonchev–Trinajstić information content (AvgIpc) is 2.39. The molecule has 0 spiro atoms. The van der Waals surface area contributed by atoms with Crippen molar-refractivity contribution in [3.05, 3.63) is 53.9 Å². The van der Waals surface area contributed by atoms with E-state index in [0.717, 1.165) is 13.1 Å². The minimum absolute atomic E-state index is 0.947. The van der Waals surface area contributed by atoms with E-state index in [0.29, 0.717) is 0 Å². The van der Waals surface area contributed by atoms with Crippen molar-refractivity contribution in [2.45, 2.75) is 30.2 Å². The molecule has 1 N–H and O–H groups in total. The van der Waals surface area contributed by atoms with Crippen LogP contribution in [0.15, 0.2) is 52.5 Å². The third-order valence-electron chi connectivity index (χ3n) is 2.76. The molecule has 0 atom stereocenters. The fourth-order valence-electron chi connectivity index (χ4n) is 1.73. The van der Waals surface area contributed by atoms with Gasteiger partial charge in [-0.25, -0.2) is 0 Å². The SMILES string of the molecule is CCNCc1ccc(Sc2ccncc2)cc1C. The predicted molar refractivity (Wildman–Crippen MR) is 76.9 cm³/mol. The van der Waals surface area contributed by atoms with E-state index in [9.17, 15) is 0 Å². The first kappa shape index (κ1) is 13.1. The molecular weight excluding hydrogens is 240 g/mol. The lowest BCUT2D eigenvalue weighted by Crippen LogP contribution is -2.12. The third kappa shape index (κ3) is 3.59. The molecule has 1 aromatic carbocycles. The van der Waals surface area contributed by atoms with Gasteiger partial charge in [-0.1, -0.05) is 24.8 Å². The first-order chi connectivity index (χ1) is 8.79. The Labute approximate surface area is 113 Å². The Morgan fingerprint density at radius 3 is 2.56 bits per heavy atom. The molecule has 0 saturated heterocycles. The van der Waals surface area contributed by atoms with E-state index in [2.05, 4.69) is 42.3 Å². The van der Waals surface area contributed by atoms with Crippen molar-refractivity contribution in [2.75, 3.05) is 6.54 Å². The van der Waals surface area contributed by atoms with Gasteiger partial charge in [0.15, 0.2) is 0 Å². The van der Waals surface area contributed by atoms with E-state index in [1.807, 2.05) is 24.5 Å². The number of nitrogens with one attached hydrogen (secondary N) is 1. The van der Waals surface area contributed by atoms with Crippen molar-refractivity contribution in [1.29, 1.82) is 0 Å². The maximum atomic E-state index is 4.03. The molecule has 1 heterocycles. The molecule has 2 aromatic rings. The molecule has 0 fully saturated rings. The molecule has 0 saturated carbocycles. The van der Waals surface area contributed by atoms with Gasteiger partial charge in [0.1, 0.15) is 0 Å². The van der Waals surface area contributed by atoms with Gasteiger partial charge >= 0.3 is 0 Å². The van der Waals surface area contributed by atoms with E-state index in [1.54, 1.807) is 11.8 Å². The van der Waals surface area contributed by atoms with Crippen LogP contribution in [0.5, 0.6) is 0 Å². The van der Waals surface area contributed by atoms with E-state index in [1.165, 1.54) is 20.9 Å². The number of nitrogens with zero attached hydrogens (tertiary/aromatic N) is 1. The summed E-state index contributed by atoms with van der Waals surface area (Å²) in [5.74, 6) is 0. The van der Waals surface area contributed by atoms with Gasteiger partial charge in [-0.2, -0.15) is 0 Å². The fourth-order valence-corrected chi connectivity index (χ4v) is 2.63. The summed E-state index contributed by atoms with van der Waals surface area (Å²) >= 11 is 1.77. The van der Waals surface area contributed by atoms with Gasteiger partial charge in [0.2, 0.25) is 0 Å². The first-order valence-corrected chi connectivity index (χ1v) is 6.99. The number of pyridine rings is 1. The molecule has 0 bridgehead atoms.